The van der Waals surface area contributed by atoms with Gasteiger partial charge in [0.25, 0.3) is 0 Å². The highest BCUT2D eigenvalue weighted by molar-refractivity contribution is 6.32. The minimum atomic E-state index is -0.638. The highest BCUT2D eigenvalue weighted by Gasteiger charge is 2.15. The van der Waals surface area contributed by atoms with E-state index in [9.17, 15) is 5.11 Å². The van der Waals surface area contributed by atoms with Crippen LogP contribution >= 0.6 is 23.2 Å². The van der Waals surface area contributed by atoms with Crippen molar-refractivity contribution in [3.8, 4) is 0 Å². The first kappa shape index (κ1) is 11.8. The summed E-state index contributed by atoms with van der Waals surface area (Å²) in [5.41, 5.74) is 0.466. The Morgan fingerprint density at radius 1 is 1.36 bits per heavy atom. The molecule has 0 spiro atoms. The highest BCUT2D eigenvalue weighted by atomic mass is 35.5. The molecule has 1 N–H and O–H groups in total. The number of aliphatic hydroxyl groups is 1. The number of hydrogen-bond acceptors (Lipinski definition) is 2. The summed E-state index contributed by atoms with van der Waals surface area (Å²) in [6, 6.07) is 3.26. The number of pyridine rings is 1. The van der Waals surface area contributed by atoms with Crippen LogP contribution in [0.15, 0.2) is 12.1 Å². The highest BCUT2D eigenvalue weighted by Crippen LogP contribution is 2.27. The molecule has 0 fully saturated rings. The van der Waals surface area contributed by atoms with E-state index in [1.165, 1.54) is 0 Å². The molecule has 0 aliphatic heterocycles. The van der Waals surface area contributed by atoms with Gasteiger partial charge in [0.15, 0.2) is 0 Å². The van der Waals surface area contributed by atoms with Crippen LogP contribution < -0.4 is 0 Å². The first-order valence-corrected chi connectivity index (χ1v) is 5.26. The van der Waals surface area contributed by atoms with E-state index in [-0.39, 0.29) is 0 Å². The Balaban J connectivity index is 2.88. The topological polar surface area (TPSA) is 33.1 Å². The van der Waals surface area contributed by atoms with Crippen molar-refractivity contribution in [2.75, 3.05) is 0 Å². The number of aliphatic hydroxyl groups excluding tert-OH is 1. The van der Waals surface area contributed by atoms with Gasteiger partial charge in [-0.25, -0.2) is 4.98 Å². The third kappa shape index (κ3) is 3.12. The number of nitrogens with zero attached hydrogens (tertiary/aromatic N) is 1. The fourth-order valence-corrected chi connectivity index (χ4v) is 1.61. The minimum Gasteiger partial charge on any atom is -0.387 e. The van der Waals surface area contributed by atoms with E-state index < -0.39 is 6.10 Å². The molecule has 0 saturated heterocycles. The van der Waals surface area contributed by atoms with Crippen molar-refractivity contribution in [2.45, 2.75) is 26.4 Å². The van der Waals surface area contributed by atoms with Gasteiger partial charge in [-0.05, 0) is 24.5 Å². The van der Waals surface area contributed by atoms with E-state index in [0.717, 1.165) is 0 Å². The van der Waals surface area contributed by atoms with Gasteiger partial charge in [0.05, 0.1) is 16.8 Å². The van der Waals surface area contributed by atoms with Crippen LogP contribution in [-0.4, -0.2) is 10.1 Å². The lowest BCUT2D eigenvalue weighted by Gasteiger charge is -2.13. The summed E-state index contributed by atoms with van der Waals surface area (Å²) in [7, 11) is 0. The van der Waals surface area contributed by atoms with Crippen molar-refractivity contribution >= 4 is 23.2 Å². The van der Waals surface area contributed by atoms with Gasteiger partial charge in [0.2, 0.25) is 0 Å². The number of hydrogen-bond donors (Lipinski definition) is 1. The second kappa shape index (κ2) is 4.96. The average Bonchev–Trinajstić information content (AvgIpc) is 2.08. The molecule has 1 aromatic heterocycles. The molecule has 78 valence electrons. The Morgan fingerprint density at radius 3 is 2.57 bits per heavy atom. The predicted molar refractivity (Wildman–Crippen MR) is 58.7 cm³/mol. The van der Waals surface area contributed by atoms with Crippen molar-refractivity contribution in [1.82, 2.24) is 4.98 Å². The van der Waals surface area contributed by atoms with Crippen LogP contribution in [0.2, 0.25) is 10.2 Å². The van der Waals surface area contributed by atoms with Crippen LogP contribution in [0.25, 0.3) is 0 Å². The normalized spacial score (nSPS) is 13.3. The van der Waals surface area contributed by atoms with Gasteiger partial charge >= 0.3 is 0 Å². The summed E-state index contributed by atoms with van der Waals surface area (Å²) < 4.78 is 0. The lowest BCUT2D eigenvalue weighted by atomic mass is 10.0. The minimum absolute atomic E-state index is 0.354. The van der Waals surface area contributed by atoms with E-state index in [2.05, 4.69) is 4.98 Å². The zero-order valence-corrected chi connectivity index (χ0v) is 9.68. The molecule has 1 aromatic rings. The molecule has 1 rings (SSSR count). The van der Waals surface area contributed by atoms with Crippen molar-refractivity contribution in [3.05, 3.63) is 28.0 Å². The summed E-state index contributed by atoms with van der Waals surface area (Å²) in [4.78, 5) is 4.01. The maximum absolute atomic E-state index is 9.79. The maximum Gasteiger partial charge on any atom is 0.129 e. The zero-order valence-electron chi connectivity index (χ0n) is 8.17. The molecule has 2 nitrogen and oxygen atoms in total. The molecule has 1 heterocycles. The molecule has 4 heteroatoms. The Labute approximate surface area is 93.9 Å². The Bertz CT molecular complexity index is 315. The average molecular weight is 234 g/mol. The second-order valence-electron chi connectivity index (χ2n) is 3.65. The molecule has 0 bridgehead atoms. The molecule has 0 radical (unpaired) electrons. The van der Waals surface area contributed by atoms with Gasteiger partial charge < -0.3 is 5.11 Å². The summed E-state index contributed by atoms with van der Waals surface area (Å²) in [5.74, 6) is 0.391. The smallest absolute Gasteiger partial charge is 0.129 e. The molecule has 0 amide bonds. The molecular formula is C10H13Cl2NO. The van der Waals surface area contributed by atoms with Gasteiger partial charge in [0.1, 0.15) is 5.15 Å². The summed E-state index contributed by atoms with van der Waals surface area (Å²) in [5, 5.41) is 10.6. The molecule has 14 heavy (non-hydrogen) atoms. The van der Waals surface area contributed by atoms with Gasteiger partial charge in [-0.1, -0.05) is 37.0 Å². The van der Waals surface area contributed by atoms with E-state index in [4.69, 9.17) is 23.2 Å². The molecule has 0 aromatic carbocycles. The van der Waals surface area contributed by atoms with Gasteiger partial charge in [-0.2, -0.15) is 0 Å². The zero-order chi connectivity index (χ0) is 10.7. The van der Waals surface area contributed by atoms with Gasteiger partial charge in [-0.3, -0.25) is 0 Å². The van der Waals surface area contributed by atoms with E-state index in [1.54, 1.807) is 12.1 Å². The van der Waals surface area contributed by atoms with E-state index in [1.807, 2.05) is 13.8 Å². The van der Waals surface area contributed by atoms with Gasteiger partial charge in [0, 0.05) is 0 Å². The lowest BCUT2D eigenvalue weighted by Crippen LogP contribution is -2.05. The van der Waals surface area contributed by atoms with Crippen LogP contribution in [0.4, 0.5) is 0 Å². The van der Waals surface area contributed by atoms with Crippen LogP contribution in [0.3, 0.4) is 0 Å². The Kier molecular flexibility index (Phi) is 4.17. The van der Waals surface area contributed by atoms with Crippen LogP contribution in [0.5, 0.6) is 0 Å². The molecule has 1 atom stereocenters. The van der Waals surface area contributed by atoms with E-state index >= 15 is 0 Å². The summed E-state index contributed by atoms with van der Waals surface area (Å²) in [6.45, 7) is 4.06. The number of rotatable bonds is 3. The SMILES string of the molecule is CC(C)CC(O)c1nc(Cl)ccc1Cl. The fraction of sp³-hybridized carbons (Fsp3) is 0.500. The quantitative estimate of drug-likeness (QED) is 0.812. The first-order valence-electron chi connectivity index (χ1n) is 4.50. The molecule has 0 saturated carbocycles. The molecule has 0 aliphatic rings. The maximum atomic E-state index is 9.79. The van der Waals surface area contributed by atoms with Gasteiger partial charge in [-0.15, -0.1) is 0 Å². The monoisotopic (exact) mass is 233 g/mol. The van der Waals surface area contributed by atoms with Crippen molar-refractivity contribution in [3.63, 3.8) is 0 Å². The van der Waals surface area contributed by atoms with Crippen molar-refractivity contribution in [1.29, 1.82) is 0 Å². The standard InChI is InChI=1S/C10H13Cl2NO/c1-6(2)5-8(14)10-7(11)3-4-9(12)13-10/h3-4,6,8,14H,5H2,1-2H3. The summed E-state index contributed by atoms with van der Waals surface area (Å²) >= 11 is 11.6. The molecule has 0 aliphatic carbocycles. The third-order valence-corrected chi connectivity index (χ3v) is 2.38. The predicted octanol–water partition coefficient (Wildman–Crippen LogP) is 3.47. The molecular weight excluding hydrogens is 221 g/mol. The second-order valence-corrected chi connectivity index (χ2v) is 4.44. The van der Waals surface area contributed by atoms with Crippen molar-refractivity contribution in [2.24, 2.45) is 5.92 Å². The lowest BCUT2D eigenvalue weighted by molar-refractivity contribution is 0.146. The number of halogens is 2. The van der Waals surface area contributed by atoms with E-state index in [0.29, 0.717) is 28.2 Å². The van der Waals surface area contributed by atoms with Crippen LogP contribution in [0, 0.1) is 5.92 Å². The van der Waals surface area contributed by atoms with Crippen molar-refractivity contribution < 1.29 is 5.11 Å². The largest absolute Gasteiger partial charge is 0.387 e. The van der Waals surface area contributed by atoms with Crippen LogP contribution in [-0.2, 0) is 0 Å². The Hall–Kier alpha value is -0.310. The first-order chi connectivity index (χ1) is 6.50. The Morgan fingerprint density at radius 2 is 2.00 bits per heavy atom. The third-order valence-electron chi connectivity index (χ3n) is 1.85. The van der Waals surface area contributed by atoms with Crippen LogP contribution in [0.1, 0.15) is 32.1 Å². The number of aromatic nitrogens is 1. The molecule has 1 unspecified atom stereocenters. The summed E-state index contributed by atoms with van der Waals surface area (Å²) in [6.07, 6.45) is -0.00577. The fourth-order valence-electron chi connectivity index (χ4n) is 1.22.